The lowest BCUT2D eigenvalue weighted by atomic mass is 10.1. The minimum absolute atomic E-state index is 0.166. The molecule has 0 saturated carbocycles. The molecule has 0 aliphatic heterocycles. The van der Waals surface area contributed by atoms with E-state index in [9.17, 15) is 4.79 Å². The number of rotatable bonds is 9. The molecule has 5 nitrogen and oxygen atoms in total. The SMILES string of the molecule is C[C@@H](c1cccc(OC(=O)N(C)CC[C@H](Oc2cccc3ccccc23)c2cccs2)c1)N(C)C. The average Bonchev–Trinajstić information content (AvgIpc) is 3.41. The predicted octanol–water partition coefficient (Wildman–Crippen LogP) is 7.16. The second-order valence-electron chi connectivity index (χ2n) is 8.89. The highest BCUT2D eigenvalue weighted by atomic mass is 32.1. The van der Waals surface area contributed by atoms with E-state index in [1.54, 1.807) is 23.3 Å². The van der Waals surface area contributed by atoms with Gasteiger partial charge in [0, 0.05) is 36.3 Å². The molecule has 3 aromatic carbocycles. The number of carbonyl (C=O) groups is 1. The van der Waals surface area contributed by atoms with Crippen molar-refractivity contribution in [1.82, 2.24) is 9.80 Å². The van der Waals surface area contributed by atoms with Crippen LogP contribution in [0.4, 0.5) is 4.79 Å². The van der Waals surface area contributed by atoms with Crippen molar-refractivity contribution in [3.05, 3.63) is 94.7 Å². The van der Waals surface area contributed by atoms with E-state index in [1.807, 2.05) is 68.7 Å². The molecule has 0 spiro atoms. The third-order valence-corrected chi connectivity index (χ3v) is 7.20. The number of amides is 1. The summed E-state index contributed by atoms with van der Waals surface area (Å²) in [6, 6.07) is 26.3. The molecule has 0 N–H and O–H groups in total. The van der Waals surface area contributed by atoms with E-state index in [4.69, 9.17) is 9.47 Å². The van der Waals surface area contributed by atoms with E-state index < -0.39 is 0 Å². The molecule has 0 aliphatic rings. The van der Waals surface area contributed by atoms with Crippen molar-refractivity contribution in [3.63, 3.8) is 0 Å². The summed E-state index contributed by atoms with van der Waals surface area (Å²) in [5.41, 5.74) is 1.10. The molecular formula is C29H32N2O3S. The van der Waals surface area contributed by atoms with E-state index in [0.29, 0.717) is 18.7 Å². The second-order valence-corrected chi connectivity index (χ2v) is 9.87. The number of thiophene rings is 1. The van der Waals surface area contributed by atoms with Crippen LogP contribution in [0.25, 0.3) is 10.8 Å². The molecule has 0 fully saturated rings. The van der Waals surface area contributed by atoms with Gasteiger partial charge in [0.15, 0.2) is 0 Å². The summed E-state index contributed by atoms with van der Waals surface area (Å²) in [5, 5.41) is 4.27. The van der Waals surface area contributed by atoms with Crippen LogP contribution >= 0.6 is 11.3 Å². The van der Waals surface area contributed by atoms with Crippen molar-refractivity contribution in [2.75, 3.05) is 27.7 Å². The summed E-state index contributed by atoms with van der Waals surface area (Å²) < 4.78 is 12.2. The van der Waals surface area contributed by atoms with E-state index in [1.165, 1.54) is 0 Å². The van der Waals surface area contributed by atoms with Crippen molar-refractivity contribution in [2.24, 2.45) is 0 Å². The van der Waals surface area contributed by atoms with Gasteiger partial charge in [0.1, 0.15) is 17.6 Å². The molecule has 35 heavy (non-hydrogen) atoms. The molecule has 0 radical (unpaired) electrons. The highest BCUT2D eigenvalue weighted by molar-refractivity contribution is 7.10. The minimum atomic E-state index is -0.380. The average molecular weight is 489 g/mol. The molecule has 0 bridgehead atoms. The number of hydrogen-bond acceptors (Lipinski definition) is 5. The third kappa shape index (κ3) is 6.21. The Morgan fingerprint density at radius 2 is 1.71 bits per heavy atom. The van der Waals surface area contributed by atoms with Crippen LogP contribution in [0.1, 0.15) is 35.9 Å². The number of nitrogens with zero attached hydrogens (tertiary/aromatic N) is 2. The molecule has 6 heteroatoms. The molecule has 1 aromatic heterocycles. The molecule has 4 aromatic rings. The zero-order valence-corrected chi connectivity index (χ0v) is 21.5. The van der Waals surface area contributed by atoms with E-state index in [-0.39, 0.29) is 18.2 Å². The van der Waals surface area contributed by atoms with Gasteiger partial charge in [0.2, 0.25) is 0 Å². The van der Waals surface area contributed by atoms with Gasteiger partial charge in [-0.1, -0.05) is 54.6 Å². The first-order chi connectivity index (χ1) is 16.9. The molecule has 0 aliphatic carbocycles. The largest absolute Gasteiger partial charge is 0.484 e. The summed E-state index contributed by atoms with van der Waals surface area (Å²) in [6.45, 7) is 2.62. The summed E-state index contributed by atoms with van der Waals surface area (Å²) in [4.78, 5) is 17.7. The first-order valence-electron chi connectivity index (χ1n) is 11.8. The maximum absolute atomic E-state index is 12.8. The van der Waals surface area contributed by atoms with Crippen molar-refractivity contribution in [3.8, 4) is 11.5 Å². The first-order valence-corrected chi connectivity index (χ1v) is 12.7. The van der Waals surface area contributed by atoms with Crippen LogP contribution in [-0.2, 0) is 0 Å². The Kier molecular flexibility index (Phi) is 8.06. The Hall–Kier alpha value is -3.35. The van der Waals surface area contributed by atoms with E-state index in [0.717, 1.165) is 27.0 Å². The first kappa shape index (κ1) is 24.8. The molecule has 4 rings (SSSR count). The van der Waals surface area contributed by atoms with Gasteiger partial charge in [-0.15, -0.1) is 11.3 Å². The Balaban J connectivity index is 1.43. The van der Waals surface area contributed by atoms with Gasteiger partial charge in [0.05, 0.1) is 0 Å². The summed E-state index contributed by atoms with van der Waals surface area (Å²) in [7, 11) is 5.82. The lowest BCUT2D eigenvalue weighted by Gasteiger charge is -2.23. The fraction of sp³-hybridized carbons (Fsp3) is 0.276. The van der Waals surface area contributed by atoms with Gasteiger partial charge in [-0.05, 0) is 61.6 Å². The van der Waals surface area contributed by atoms with Gasteiger partial charge in [0.25, 0.3) is 0 Å². The minimum Gasteiger partial charge on any atom is -0.484 e. The maximum atomic E-state index is 12.8. The molecule has 0 saturated heterocycles. The lowest BCUT2D eigenvalue weighted by Crippen LogP contribution is -2.32. The van der Waals surface area contributed by atoms with Crippen molar-refractivity contribution in [2.45, 2.75) is 25.5 Å². The number of carbonyl (C=O) groups excluding carboxylic acids is 1. The standard InChI is InChI=1S/C29H32N2O3S/c1-21(30(2)3)23-12-7-13-24(20-23)33-29(32)31(4)18-17-27(28-16-9-19-35-28)34-26-15-8-11-22-10-5-6-14-25(22)26/h5-16,19-21,27H,17-18H2,1-4H3/t21-,27-/m0/s1. The highest BCUT2D eigenvalue weighted by Crippen LogP contribution is 2.33. The monoisotopic (exact) mass is 488 g/mol. The Morgan fingerprint density at radius 3 is 2.49 bits per heavy atom. The van der Waals surface area contributed by atoms with Crippen LogP contribution in [-0.4, -0.2) is 43.6 Å². The van der Waals surface area contributed by atoms with Gasteiger partial charge in [-0.25, -0.2) is 4.79 Å². The van der Waals surface area contributed by atoms with Crippen LogP contribution in [0.5, 0.6) is 11.5 Å². The number of fused-ring (bicyclic) bond motifs is 1. The fourth-order valence-corrected chi connectivity index (χ4v) is 4.69. The summed E-state index contributed by atoms with van der Waals surface area (Å²) >= 11 is 1.66. The van der Waals surface area contributed by atoms with Gasteiger partial charge < -0.3 is 19.3 Å². The molecule has 1 heterocycles. The molecular weight excluding hydrogens is 456 g/mol. The van der Waals surface area contributed by atoms with Crippen LogP contribution in [0.15, 0.2) is 84.2 Å². The van der Waals surface area contributed by atoms with Gasteiger partial charge >= 0.3 is 6.09 Å². The quantitative estimate of drug-likeness (QED) is 0.251. The second kappa shape index (κ2) is 11.4. The number of benzene rings is 3. The highest BCUT2D eigenvalue weighted by Gasteiger charge is 2.20. The summed E-state index contributed by atoms with van der Waals surface area (Å²) in [6.07, 6.45) is 0.0996. The Morgan fingerprint density at radius 1 is 0.943 bits per heavy atom. The molecule has 2 atom stereocenters. The zero-order valence-electron chi connectivity index (χ0n) is 20.7. The van der Waals surface area contributed by atoms with E-state index in [2.05, 4.69) is 41.5 Å². The number of ether oxygens (including phenoxy) is 2. The van der Waals surface area contributed by atoms with Crippen LogP contribution in [0.2, 0.25) is 0 Å². The zero-order chi connectivity index (χ0) is 24.8. The van der Waals surface area contributed by atoms with Crippen molar-refractivity contribution < 1.29 is 14.3 Å². The maximum Gasteiger partial charge on any atom is 0.414 e. The lowest BCUT2D eigenvalue weighted by molar-refractivity contribution is 0.147. The smallest absolute Gasteiger partial charge is 0.414 e. The van der Waals surface area contributed by atoms with Crippen molar-refractivity contribution in [1.29, 1.82) is 0 Å². The van der Waals surface area contributed by atoms with Crippen molar-refractivity contribution >= 4 is 28.2 Å². The summed E-state index contributed by atoms with van der Waals surface area (Å²) in [5.74, 6) is 1.40. The third-order valence-electron chi connectivity index (χ3n) is 6.24. The van der Waals surface area contributed by atoms with Crippen LogP contribution in [0.3, 0.4) is 0 Å². The normalized spacial score (nSPS) is 12.9. The predicted molar refractivity (Wildman–Crippen MR) is 143 cm³/mol. The molecule has 1 amide bonds. The fourth-order valence-electron chi connectivity index (χ4n) is 3.90. The molecule has 0 unspecified atom stereocenters. The van der Waals surface area contributed by atoms with Crippen LogP contribution in [0, 0.1) is 0 Å². The van der Waals surface area contributed by atoms with Gasteiger partial charge in [-0.2, -0.15) is 0 Å². The number of hydrogen-bond donors (Lipinski definition) is 0. The topological polar surface area (TPSA) is 42.0 Å². The Bertz CT molecular complexity index is 1250. The molecule has 182 valence electrons. The Labute approximate surface area is 211 Å². The van der Waals surface area contributed by atoms with Gasteiger partial charge in [-0.3, -0.25) is 0 Å². The van der Waals surface area contributed by atoms with E-state index >= 15 is 0 Å². The van der Waals surface area contributed by atoms with Crippen LogP contribution < -0.4 is 9.47 Å².